The fraction of sp³-hybridized carbons (Fsp3) is 0.944. The molecule has 0 rings (SSSR count). The third kappa shape index (κ3) is 25.3. The summed E-state index contributed by atoms with van der Waals surface area (Å²) in [7, 11) is 0. The van der Waals surface area contributed by atoms with Crippen molar-refractivity contribution in [2.75, 3.05) is 0 Å². The second-order valence-corrected chi connectivity index (χ2v) is 6.09. The Hall–Kier alpha value is 0.313. The predicted molar refractivity (Wildman–Crippen MR) is 90.8 cm³/mol. The van der Waals surface area contributed by atoms with Crippen LogP contribution in [0, 0.1) is 0 Å². The van der Waals surface area contributed by atoms with Gasteiger partial charge in [0.05, 0.1) is 0 Å². The van der Waals surface area contributed by atoms with E-state index >= 15 is 0 Å². The molecule has 0 saturated carbocycles. The average Bonchev–Trinajstić information content (AvgIpc) is 2.43. The van der Waals surface area contributed by atoms with Crippen LogP contribution >= 0.6 is 0 Å². The second-order valence-electron chi connectivity index (χ2n) is 6.09. The molecule has 4 heteroatoms. The maximum Gasteiger partial charge on any atom is 0.303 e. The minimum absolute atomic E-state index is 0. The molecule has 0 unspecified atom stereocenters. The molecule has 0 atom stereocenters. The molecule has 0 fully saturated rings. The molecule has 3 N–H and O–H groups in total. The third-order valence-corrected chi connectivity index (χ3v) is 3.99. The Labute approximate surface area is 157 Å². The standard InChI is InChI=1S/C18H36O2.H2O.Zr/c1-2-3-4-5-6-7-8-9-10-11-12-13-14-15-16-17-18(19)20;;/h2-17H2,1H3,(H,19,20);1H2;. The van der Waals surface area contributed by atoms with Crippen molar-refractivity contribution in [1.82, 2.24) is 0 Å². The van der Waals surface area contributed by atoms with Crippen LogP contribution in [0.5, 0.6) is 0 Å². The molecular weight excluding hydrogens is 355 g/mol. The van der Waals surface area contributed by atoms with Crippen molar-refractivity contribution in [1.29, 1.82) is 0 Å². The first-order valence-corrected chi connectivity index (χ1v) is 8.99. The molecular formula is C18H38O3Zr. The quantitative estimate of drug-likeness (QED) is 0.351. The number of unbranched alkanes of at least 4 members (excludes halogenated alkanes) is 14. The summed E-state index contributed by atoms with van der Waals surface area (Å²) in [5.41, 5.74) is 0. The number of aliphatic carboxylic acids is 1. The van der Waals surface area contributed by atoms with Gasteiger partial charge in [0.15, 0.2) is 0 Å². The summed E-state index contributed by atoms with van der Waals surface area (Å²) in [6, 6.07) is 0. The first kappa shape index (κ1) is 27.2. The summed E-state index contributed by atoms with van der Waals surface area (Å²) in [6.07, 6.45) is 20.2. The van der Waals surface area contributed by atoms with E-state index in [2.05, 4.69) is 6.92 Å². The first-order chi connectivity index (χ1) is 9.77. The van der Waals surface area contributed by atoms with Crippen molar-refractivity contribution in [2.45, 2.75) is 110 Å². The van der Waals surface area contributed by atoms with Crippen LogP contribution in [-0.2, 0) is 31.0 Å². The van der Waals surface area contributed by atoms with Crippen molar-refractivity contribution in [2.24, 2.45) is 0 Å². The second kappa shape index (κ2) is 23.6. The smallest absolute Gasteiger partial charge is 0.303 e. The number of carboxylic acids is 1. The molecule has 0 radical (unpaired) electrons. The zero-order chi connectivity index (χ0) is 14.9. The number of rotatable bonds is 16. The molecule has 0 spiro atoms. The molecule has 0 aliphatic rings. The van der Waals surface area contributed by atoms with E-state index in [4.69, 9.17) is 5.11 Å². The van der Waals surface area contributed by atoms with Crippen LogP contribution in [0.4, 0.5) is 0 Å². The summed E-state index contributed by atoms with van der Waals surface area (Å²) in [6.45, 7) is 2.27. The fourth-order valence-corrected chi connectivity index (χ4v) is 2.65. The molecule has 132 valence electrons. The van der Waals surface area contributed by atoms with E-state index in [1.54, 1.807) is 0 Å². The van der Waals surface area contributed by atoms with Gasteiger partial charge in [-0.05, 0) is 6.42 Å². The molecule has 22 heavy (non-hydrogen) atoms. The van der Waals surface area contributed by atoms with Gasteiger partial charge in [0.2, 0.25) is 0 Å². The van der Waals surface area contributed by atoms with Gasteiger partial charge in [0.1, 0.15) is 0 Å². The van der Waals surface area contributed by atoms with Gasteiger partial charge in [-0.25, -0.2) is 0 Å². The first-order valence-electron chi connectivity index (χ1n) is 8.99. The van der Waals surface area contributed by atoms with E-state index in [9.17, 15) is 4.79 Å². The number of hydrogen-bond acceptors (Lipinski definition) is 1. The number of hydrogen-bond donors (Lipinski definition) is 1. The molecule has 0 aliphatic heterocycles. The summed E-state index contributed by atoms with van der Waals surface area (Å²) < 4.78 is 0. The molecule has 0 bridgehead atoms. The van der Waals surface area contributed by atoms with Crippen LogP contribution in [0.2, 0.25) is 0 Å². The zero-order valence-corrected chi connectivity index (χ0v) is 17.1. The number of carbonyl (C=O) groups is 1. The van der Waals surface area contributed by atoms with Crippen LogP contribution < -0.4 is 0 Å². The van der Waals surface area contributed by atoms with E-state index in [-0.39, 0.29) is 31.7 Å². The van der Waals surface area contributed by atoms with Crippen LogP contribution in [0.15, 0.2) is 0 Å². The van der Waals surface area contributed by atoms with E-state index in [1.807, 2.05) is 0 Å². The average molecular weight is 394 g/mol. The van der Waals surface area contributed by atoms with E-state index < -0.39 is 5.97 Å². The summed E-state index contributed by atoms with van der Waals surface area (Å²) in [5.74, 6) is -0.653. The van der Waals surface area contributed by atoms with Gasteiger partial charge in [-0.3, -0.25) is 4.79 Å². The summed E-state index contributed by atoms with van der Waals surface area (Å²) >= 11 is 0. The minimum atomic E-state index is -0.653. The Morgan fingerprint density at radius 1 is 0.636 bits per heavy atom. The monoisotopic (exact) mass is 392 g/mol. The van der Waals surface area contributed by atoms with Crippen LogP contribution in [0.25, 0.3) is 0 Å². The van der Waals surface area contributed by atoms with Gasteiger partial charge in [0.25, 0.3) is 0 Å². The number of carboxylic acid groups (broad SMARTS) is 1. The molecule has 0 heterocycles. The molecule has 3 nitrogen and oxygen atoms in total. The molecule has 0 amide bonds. The molecule has 0 aromatic heterocycles. The Bertz CT molecular complexity index is 211. The summed E-state index contributed by atoms with van der Waals surface area (Å²) in [4.78, 5) is 10.3. The topological polar surface area (TPSA) is 68.8 Å². The van der Waals surface area contributed by atoms with Crippen LogP contribution in [0.3, 0.4) is 0 Å². The maximum absolute atomic E-state index is 10.3. The Morgan fingerprint density at radius 2 is 0.909 bits per heavy atom. The summed E-state index contributed by atoms with van der Waals surface area (Å²) in [5, 5.41) is 8.52. The van der Waals surface area contributed by atoms with Gasteiger partial charge >= 0.3 is 5.97 Å². The van der Waals surface area contributed by atoms with Gasteiger partial charge in [-0.15, -0.1) is 0 Å². The minimum Gasteiger partial charge on any atom is -0.481 e. The van der Waals surface area contributed by atoms with E-state index in [0.29, 0.717) is 6.42 Å². The van der Waals surface area contributed by atoms with Crippen molar-refractivity contribution >= 4 is 5.97 Å². The van der Waals surface area contributed by atoms with Gasteiger partial charge in [0, 0.05) is 32.6 Å². The predicted octanol–water partition coefficient (Wildman–Crippen LogP) is 5.51. The van der Waals surface area contributed by atoms with Gasteiger partial charge < -0.3 is 10.6 Å². The van der Waals surface area contributed by atoms with Crippen molar-refractivity contribution in [3.8, 4) is 0 Å². The van der Waals surface area contributed by atoms with Gasteiger partial charge in [-0.2, -0.15) is 0 Å². The largest absolute Gasteiger partial charge is 0.481 e. The van der Waals surface area contributed by atoms with Crippen LogP contribution in [0.1, 0.15) is 110 Å². The Kier molecular flexibility index (Phi) is 29.1. The normalized spacial score (nSPS) is 9.86. The fourth-order valence-electron chi connectivity index (χ4n) is 2.65. The van der Waals surface area contributed by atoms with Crippen molar-refractivity contribution in [3.63, 3.8) is 0 Å². The third-order valence-electron chi connectivity index (χ3n) is 3.99. The molecule has 0 aliphatic carbocycles. The van der Waals surface area contributed by atoms with Gasteiger partial charge in [-0.1, -0.05) is 96.8 Å². The Balaban J connectivity index is -0.00000180. The SMILES string of the molecule is CCCCCCCCCCCCCCCCCC(=O)O.O.[Zr]. The van der Waals surface area contributed by atoms with E-state index in [1.165, 1.54) is 83.5 Å². The molecule has 0 saturated heterocycles. The Morgan fingerprint density at radius 3 is 1.18 bits per heavy atom. The van der Waals surface area contributed by atoms with Crippen LogP contribution in [-0.4, -0.2) is 16.6 Å². The van der Waals surface area contributed by atoms with Crippen molar-refractivity contribution < 1.29 is 41.6 Å². The zero-order valence-electron chi connectivity index (χ0n) is 14.7. The van der Waals surface area contributed by atoms with Crippen molar-refractivity contribution in [3.05, 3.63) is 0 Å². The maximum atomic E-state index is 10.3. The molecule has 0 aromatic carbocycles. The van der Waals surface area contributed by atoms with E-state index in [0.717, 1.165) is 12.8 Å². The molecule has 0 aromatic rings.